The van der Waals surface area contributed by atoms with Gasteiger partial charge in [-0.05, 0) is 17.7 Å². The molecular weight excluding hydrogens is 212 g/mol. The monoisotopic (exact) mass is 226 g/mol. The molecule has 1 aromatic rings. The average molecular weight is 226 g/mol. The fourth-order valence-corrected chi connectivity index (χ4v) is 1.27. The predicted molar refractivity (Wildman–Crippen MR) is 58.0 cm³/mol. The van der Waals surface area contributed by atoms with E-state index in [9.17, 15) is 10.2 Å². The lowest BCUT2D eigenvalue weighted by atomic mass is 10.2. The lowest BCUT2D eigenvalue weighted by Gasteiger charge is -2.18. The number of phenols is 3. The van der Waals surface area contributed by atoms with Gasteiger partial charge in [0.05, 0.1) is 0 Å². The maximum atomic E-state index is 9.26. The highest BCUT2D eigenvalue weighted by molar-refractivity contribution is 5.73. The first-order valence-electron chi connectivity index (χ1n) is 4.45. The molecule has 0 heterocycles. The van der Waals surface area contributed by atoms with Crippen LogP contribution in [0.3, 0.4) is 0 Å². The van der Waals surface area contributed by atoms with Crippen molar-refractivity contribution in [2.24, 2.45) is 5.73 Å². The summed E-state index contributed by atoms with van der Waals surface area (Å²) in [6.45, 7) is 0.293. The van der Waals surface area contributed by atoms with E-state index >= 15 is 0 Å². The van der Waals surface area contributed by atoms with Gasteiger partial charge in [0.15, 0.2) is 17.2 Å². The van der Waals surface area contributed by atoms with Crippen molar-refractivity contribution >= 4 is 5.96 Å². The van der Waals surface area contributed by atoms with E-state index in [1.807, 2.05) is 0 Å². The molecule has 0 fully saturated rings. The van der Waals surface area contributed by atoms with Gasteiger partial charge in [-0.2, -0.15) is 0 Å². The first kappa shape index (κ1) is 11.9. The highest BCUT2D eigenvalue weighted by atomic mass is 16.3. The number of hydrazine groups is 1. The Labute approximate surface area is 92.2 Å². The van der Waals surface area contributed by atoms with Crippen molar-refractivity contribution in [3.05, 3.63) is 17.7 Å². The first-order valence-corrected chi connectivity index (χ1v) is 4.45. The first-order chi connectivity index (χ1) is 7.40. The lowest BCUT2D eigenvalue weighted by molar-refractivity contribution is 0.280. The van der Waals surface area contributed by atoms with Gasteiger partial charge in [0.25, 0.3) is 0 Å². The third-order valence-electron chi connectivity index (χ3n) is 1.86. The third kappa shape index (κ3) is 2.92. The van der Waals surface area contributed by atoms with Crippen LogP contribution in [0.5, 0.6) is 17.2 Å². The van der Waals surface area contributed by atoms with Gasteiger partial charge in [-0.15, -0.1) is 0 Å². The predicted octanol–water partition coefficient (Wildman–Crippen LogP) is -0.367. The number of benzene rings is 1. The van der Waals surface area contributed by atoms with Gasteiger partial charge in [0.1, 0.15) is 0 Å². The molecule has 7 N–H and O–H groups in total. The van der Waals surface area contributed by atoms with E-state index in [0.29, 0.717) is 12.1 Å². The minimum atomic E-state index is -0.550. The van der Waals surface area contributed by atoms with Gasteiger partial charge in [-0.3, -0.25) is 10.8 Å². The molecule has 1 aromatic carbocycles. The highest BCUT2D eigenvalue weighted by Gasteiger charge is 2.09. The Balaban J connectivity index is 2.78. The van der Waals surface area contributed by atoms with Crippen LogP contribution in [0.2, 0.25) is 0 Å². The van der Waals surface area contributed by atoms with Crippen LogP contribution in [0.15, 0.2) is 12.1 Å². The molecule has 0 aliphatic rings. The number of nitrogens with two attached hydrogens (primary N) is 1. The Kier molecular flexibility index (Phi) is 3.41. The molecule has 0 radical (unpaired) electrons. The Morgan fingerprint density at radius 1 is 1.38 bits per heavy atom. The summed E-state index contributed by atoms with van der Waals surface area (Å²) in [7, 11) is 1.64. The molecule has 0 atom stereocenters. The Morgan fingerprint density at radius 3 is 2.31 bits per heavy atom. The molecule has 0 amide bonds. The molecule has 0 aromatic heterocycles. The molecule has 0 saturated heterocycles. The van der Waals surface area contributed by atoms with Crippen molar-refractivity contribution in [2.75, 3.05) is 7.05 Å². The molecule has 7 nitrogen and oxygen atoms in total. The number of hydrogen-bond acceptors (Lipinski definition) is 5. The van der Waals surface area contributed by atoms with E-state index in [-0.39, 0.29) is 5.96 Å². The molecular formula is C9H14N4O3. The Morgan fingerprint density at radius 2 is 1.88 bits per heavy atom. The third-order valence-corrected chi connectivity index (χ3v) is 1.86. The smallest absolute Gasteiger partial charge is 0.200 e. The highest BCUT2D eigenvalue weighted by Crippen LogP contribution is 2.35. The minimum absolute atomic E-state index is 0.213. The number of phenolic OH excluding ortho intramolecular Hbond substituents is 3. The van der Waals surface area contributed by atoms with Gasteiger partial charge in [0, 0.05) is 13.6 Å². The molecule has 16 heavy (non-hydrogen) atoms. The molecule has 7 heteroatoms. The zero-order chi connectivity index (χ0) is 12.3. The second-order valence-electron chi connectivity index (χ2n) is 3.36. The summed E-state index contributed by atoms with van der Waals surface area (Å²) in [5, 5.41) is 36.1. The van der Waals surface area contributed by atoms with Crippen LogP contribution in [-0.2, 0) is 6.54 Å². The van der Waals surface area contributed by atoms with E-state index in [0.717, 1.165) is 0 Å². The van der Waals surface area contributed by atoms with Crippen molar-refractivity contribution in [1.29, 1.82) is 5.41 Å². The molecule has 0 aliphatic heterocycles. The normalized spacial score (nSPS) is 10.4. The zero-order valence-electron chi connectivity index (χ0n) is 8.73. The maximum absolute atomic E-state index is 9.26. The van der Waals surface area contributed by atoms with Crippen LogP contribution in [0, 0.1) is 5.41 Å². The topological polar surface area (TPSA) is 126 Å². The summed E-state index contributed by atoms with van der Waals surface area (Å²) in [5.41, 5.74) is 8.20. The summed E-state index contributed by atoms with van der Waals surface area (Å²) >= 11 is 0. The summed E-state index contributed by atoms with van der Waals surface area (Å²) in [6, 6.07) is 2.63. The molecule has 0 unspecified atom stereocenters. The summed E-state index contributed by atoms with van der Waals surface area (Å²) in [6.07, 6.45) is 0. The van der Waals surface area contributed by atoms with Gasteiger partial charge in [0.2, 0.25) is 5.96 Å². The standard InChI is InChI=1S/C9H14N4O3/c1-13(12-9(10)11)4-5-2-6(14)8(16)7(15)3-5/h2-3,14-16H,4H2,1H3,(H4,10,11,12). The second kappa shape index (κ2) is 4.58. The lowest BCUT2D eigenvalue weighted by Crippen LogP contribution is -2.42. The van der Waals surface area contributed by atoms with Gasteiger partial charge >= 0.3 is 0 Å². The number of nitrogens with zero attached hydrogens (tertiary/aromatic N) is 1. The molecule has 88 valence electrons. The Hall–Kier alpha value is -2.15. The van der Waals surface area contributed by atoms with Crippen LogP contribution >= 0.6 is 0 Å². The van der Waals surface area contributed by atoms with Gasteiger partial charge < -0.3 is 21.1 Å². The van der Waals surface area contributed by atoms with Crippen molar-refractivity contribution in [1.82, 2.24) is 10.4 Å². The fraction of sp³-hybridized carbons (Fsp3) is 0.222. The molecule has 0 bridgehead atoms. The fourth-order valence-electron chi connectivity index (χ4n) is 1.27. The van der Waals surface area contributed by atoms with E-state index in [1.54, 1.807) is 7.05 Å². The van der Waals surface area contributed by atoms with Crippen molar-refractivity contribution < 1.29 is 15.3 Å². The van der Waals surface area contributed by atoms with Crippen LogP contribution in [0.25, 0.3) is 0 Å². The number of aromatic hydroxyl groups is 3. The summed E-state index contributed by atoms with van der Waals surface area (Å²) in [5.74, 6) is -1.56. The van der Waals surface area contributed by atoms with Crippen LogP contribution in [0.4, 0.5) is 0 Å². The summed E-state index contributed by atoms with van der Waals surface area (Å²) < 4.78 is 0. The van der Waals surface area contributed by atoms with E-state index in [4.69, 9.17) is 16.2 Å². The maximum Gasteiger partial charge on any atom is 0.200 e. The molecule has 0 saturated carbocycles. The largest absolute Gasteiger partial charge is 0.504 e. The number of nitrogens with one attached hydrogen (secondary N) is 2. The van der Waals surface area contributed by atoms with Crippen LogP contribution in [0.1, 0.15) is 5.56 Å². The van der Waals surface area contributed by atoms with E-state index in [2.05, 4.69) is 5.43 Å². The molecule has 0 spiro atoms. The van der Waals surface area contributed by atoms with E-state index < -0.39 is 17.2 Å². The quantitative estimate of drug-likeness (QED) is 0.181. The SMILES string of the molecule is CN(Cc1cc(O)c(O)c(O)c1)NC(=N)N. The minimum Gasteiger partial charge on any atom is -0.504 e. The van der Waals surface area contributed by atoms with Crippen molar-refractivity contribution in [3.8, 4) is 17.2 Å². The molecule has 0 aliphatic carbocycles. The number of guanidine groups is 1. The van der Waals surface area contributed by atoms with Crippen LogP contribution in [-0.4, -0.2) is 33.3 Å². The van der Waals surface area contributed by atoms with Crippen molar-refractivity contribution in [2.45, 2.75) is 6.54 Å². The van der Waals surface area contributed by atoms with Crippen LogP contribution < -0.4 is 11.2 Å². The van der Waals surface area contributed by atoms with Gasteiger partial charge in [-0.1, -0.05) is 0 Å². The van der Waals surface area contributed by atoms with Crippen molar-refractivity contribution in [3.63, 3.8) is 0 Å². The average Bonchev–Trinajstić information content (AvgIpc) is 2.12. The zero-order valence-corrected chi connectivity index (χ0v) is 8.73. The van der Waals surface area contributed by atoms with E-state index in [1.165, 1.54) is 17.1 Å². The number of hydrogen-bond donors (Lipinski definition) is 6. The Bertz CT molecular complexity index is 385. The second-order valence-corrected chi connectivity index (χ2v) is 3.36. The number of rotatable bonds is 3. The van der Waals surface area contributed by atoms with Gasteiger partial charge in [-0.25, -0.2) is 5.01 Å². The summed E-state index contributed by atoms with van der Waals surface area (Å²) in [4.78, 5) is 0. The molecule has 1 rings (SSSR count).